The summed E-state index contributed by atoms with van der Waals surface area (Å²) in [5.41, 5.74) is 3.23. The van der Waals surface area contributed by atoms with E-state index in [-0.39, 0.29) is 11.7 Å². The summed E-state index contributed by atoms with van der Waals surface area (Å²) in [5, 5.41) is 7.74. The van der Waals surface area contributed by atoms with Crippen LogP contribution in [0, 0.1) is 6.92 Å². The van der Waals surface area contributed by atoms with Crippen LogP contribution in [-0.2, 0) is 17.9 Å². The lowest BCUT2D eigenvalue weighted by Gasteiger charge is -2.21. The number of furan rings is 1. The van der Waals surface area contributed by atoms with Crippen LogP contribution in [0.1, 0.15) is 16.9 Å². The number of carbonyl (C=O) groups excluding carboxylic acids is 1. The van der Waals surface area contributed by atoms with E-state index in [1.54, 1.807) is 11.2 Å². The number of nitrogens with zero attached hydrogens (tertiary/aromatic N) is 3. The summed E-state index contributed by atoms with van der Waals surface area (Å²) in [6.45, 7) is 2.98. The van der Waals surface area contributed by atoms with Gasteiger partial charge in [-0.2, -0.15) is 0 Å². The average molecular weight is 419 g/mol. The number of amides is 1. The molecule has 7 heteroatoms. The number of carbonyl (C=O) groups is 1. The Morgan fingerprint density at radius 3 is 2.57 bits per heavy atom. The summed E-state index contributed by atoms with van der Waals surface area (Å²) in [7, 11) is 0. The van der Waals surface area contributed by atoms with Gasteiger partial charge in [-0.15, -0.1) is 5.10 Å². The zero-order chi connectivity index (χ0) is 20.8. The van der Waals surface area contributed by atoms with Crippen LogP contribution in [0.15, 0.2) is 82.6 Å². The molecule has 0 atom stereocenters. The Bertz CT molecular complexity index is 1080. The summed E-state index contributed by atoms with van der Waals surface area (Å²) in [5.74, 6) is 1.70. The van der Waals surface area contributed by atoms with Gasteiger partial charge in [-0.3, -0.25) is 9.89 Å². The van der Waals surface area contributed by atoms with E-state index in [9.17, 15) is 4.79 Å². The standard InChI is InChI=1S/C23H22N4O2S/c1-17-9-11-19(12-10-17)22-24-23(26-25-22)30-16-21(28)27(15-20-8-5-13-29-20)14-18-6-3-2-4-7-18/h2-13H,14-16H2,1H3,(H,24,25,26). The molecule has 1 N–H and O–H groups in total. The molecule has 30 heavy (non-hydrogen) atoms. The molecular formula is C23H22N4O2S. The van der Waals surface area contributed by atoms with Crippen molar-refractivity contribution in [1.82, 2.24) is 20.1 Å². The van der Waals surface area contributed by atoms with Crippen molar-refractivity contribution in [3.05, 3.63) is 89.9 Å². The van der Waals surface area contributed by atoms with Crippen molar-refractivity contribution in [2.24, 2.45) is 0 Å². The molecule has 0 aliphatic rings. The number of aryl methyl sites for hydroxylation is 1. The first-order valence-corrected chi connectivity index (χ1v) is 10.6. The minimum Gasteiger partial charge on any atom is -0.467 e. The maximum atomic E-state index is 13.0. The van der Waals surface area contributed by atoms with Crippen LogP contribution in [0.25, 0.3) is 11.4 Å². The molecule has 0 saturated carbocycles. The molecule has 2 heterocycles. The molecule has 0 aliphatic carbocycles. The number of hydrogen-bond donors (Lipinski definition) is 1. The van der Waals surface area contributed by atoms with Gasteiger partial charge in [-0.25, -0.2) is 4.98 Å². The predicted molar refractivity (Wildman–Crippen MR) is 117 cm³/mol. The SMILES string of the molecule is Cc1ccc(-c2nc(SCC(=O)N(Cc3ccccc3)Cc3ccco3)n[nH]2)cc1. The fourth-order valence-corrected chi connectivity index (χ4v) is 3.70. The second-order valence-corrected chi connectivity index (χ2v) is 7.88. The first-order valence-electron chi connectivity index (χ1n) is 9.64. The maximum Gasteiger partial charge on any atom is 0.233 e. The Morgan fingerprint density at radius 2 is 1.83 bits per heavy atom. The van der Waals surface area contributed by atoms with Gasteiger partial charge in [0.25, 0.3) is 0 Å². The lowest BCUT2D eigenvalue weighted by Crippen LogP contribution is -2.31. The van der Waals surface area contributed by atoms with E-state index < -0.39 is 0 Å². The molecule has 0 spiro atoms. The Balaban J connectivity index is 1.41. The summed E-state index contributed by atoms with van der Waals surface area (Å²) >= 11 is 1.32. The Morgan fingerprint density at radius 1 is 1.03 bits per heavy atom. The lowest BCUT2D eigenvalue weighted by molar-refractivity contribution is -0.129. The molecule has 2 aromatic heterocycles. The molecule has 1 amide bonds. The highest BCUT2D eigenvalue weighted by Crippen LogP contribution is 2.21. The quantitative estimate of drug-likeness (QED) is 0.420. The number of thioether (sulfide) groups is 1. The van der Waals surface area contributed by atoms with Gasteiger partial charge in [0.05, 0.1) is 18.6 Å². The molecule has 0 unspecified atom stereocenters. The Hall–Kier alpha value is -3.32. The van der Waals surface area contributed by atoms with E-state index in [1.165, 1.54) is 17.3 Å². The zero-order valence-electron chi connectivity index (χ0n) is 16.6. The van der Waals surface area contributed by atoms with Crippen molar-refractivity contribution in [2.45, 2.75) is 25.2 Å². The van der Waals surface area contributed by atoms with Gasteiger partial charge in [0.15, 0.2) is 5.82 Å². The second-order valence-electron chi connectivity index (χ2n) is 6.94. The van der Waals surface area contributed by atoms with Crippen LogP contribution in [0.4, 0.5) is 0 Å². The zero-order valence-corrected chi connectivity index (χ0v) is 17.4. The predicted octanol–water partition coefficient (Wildman–Crippen LogP) is 4.69. The van der Waals surface area contributed by atoms with Crippen LogP contribution in [0.3, 0.4) is 0 Å². The molecule has 2 aromatic carbocycles. The van der Waals surface area contributed by atoms with E-state index in [2.05, 4.69) is 15.2 Å². The first kappa shape index (κ1) is 20.0. The molecule has 152 valence electrons. The van der Waals surface area contributed by atoms with Gasteiger partial charge in [0.2, 0.25) is 11.1 Å². The maximum absolute atomic E-state index is 13.0. The number of hydrogen-bond acceptors (Lipinski definition) is 5. The molecule has 0 saturated heterocycles. The largest absolute Gasteiger partial charge is 0.467 e. The van der Waals surface area contributed by atoms with Crippen molar-refractivity contribution in [2.75, 3.05) is 5.75 Å². The second kappa shape index (κ2) is 9.45. The lowest BCUT2D eigenvalue weighted by atomic mass is 10.1. The molecule has 0 aliphatic heterocycles. The van der Waals surface area contributed by atoms with Gasteiger partial charge < -0.3 is 9.32 Å². The van der Waals surface area contributed by atoms with Crippen molar-refractivity contribution in [3.63, 3.8) is 0 Å². The van der Waals surface area contributed by atoms with Crippen LogP contribution < -0.4 is 0 Å². The summed E-state index contributed by atoms with van der Waals surface area (Å²) in [6, 6.07) is 21.7. The third-order valence-corrected chi connectivity index (χ3v) is 5.44. The minimum atomic E-state index is 0.00180. The van der Waals surface area contributed by atoms with E-state index in [1.807, 2.05) is 73.7 Å². The first-order chi connectivity index (χ1) is 14.7. The van der Waals surface area contributed by atoms with Crippen molar-refractivity contribution in [3.8, 4) is 11.4 Å². The van der Waals surface area contributed by atoms with Crippen molar-refractivity contribution < 1.29 is 9.21 Å². The average Bonchev–Trinajstić information content (AvgIpc) is 3.45. The summed E-state index contributed by atoms with van der Waals surface area (Å²) < 4.78 is 5.44. The van der Waals surface area contributed by atoms with Crippen LogP contribution in [0.2, 0.25) is 0 Å². The molecular weight excluding hydrogens is 396 g/mol. The normalized spacial score (nSPS) is 10.8. The molecule has 0 bridgehead atoms. The van der Waals surface area contributed by atoms with E-state index in [4.69, 9.17) is 4.42 Å². The Labute approximate surface area is 179 Å². The van der Waals surface area contributed by atoms with E-state index in [0.29, 0.717) is 24.1 Å². The van der Waals surface area contributed by atoms with E-state index in [0.717, 1.165) is 16.9 Å². The fraction of sp³-hybridized carbons (Fsp3) is 0.174. The van der Waals surface area contributed by atoms with Gasteiger partial charge in [0, 0.05) is 12.1 Å². The molecule has 0 radical (unpaired) electrons. The molecule has 4 aromatic rings. The molecule has 4 rings (SSSR count). The smallest absolute Gasteiger partial charge is 0.233 e. The van der Waals surface area contributed by atoms with Gasteiger partial charge >= 0.3 is 0 Å². The van der Waals surface area contributed by atoms with Crippen LogP contribution in [-0.4, -0.2) is 31.7 Å². The number of benzene rings is 2. The van der Waals surface area contributed by atoms with Crippen LogP contribution in [0.5, 0.6) is 0 Å². The molecule has 0 fully saturated rings. The van der Waals surface area contributed by atoms with Gasteiger partial charge in [-0.05, 0) is 24.6 Å². The number of rotatable bonds is 8. The van der Waals surface area contributed by atoms with Crippen molar-refractivity contribution in [1.29, 1.82) is 0 Å². The fourth-order valence-electron chi connectivity index (χ4n) is 3.00. The Kier molecular flexibility index (Phi) is 6.29. The van der Waals surface area contributed by atoms with Gasteiger partial charge in [-0.1, -0.05) is 71.9 Å². The molecule has 6 nitrogen and oxygen atoms in total. The topological polar surface area (TPSA) is 75.0 Å². The highest BCUT2D eigenvalue weighted by Gasteiger charge is 2.17. The monoisotopic (exact) mass is 418 g/mol. The minimum absolute atomic E-state index is 0.00180. The number of aromatic nitrogens is 3. The third kappa shape index (κ3) is 5.18. The van der Waals surface area contributed by atoms with Gasteiger partial charge in [0.1, 0.15) is 5.76 Å². The summed E-state index contributed by atoms with van der Waals surface area (Å²) in [6.07, 6.45) is 1.62. The van der Waals surface area contributed by atoms with Crippen molar-refractivity contribution >= 4 is 17.7 Å². The number of aromatic amines is 1. The highest BCUT2D eigenvalue weighted by molar-refractivity contribution is 7.99. The third-order valence-electron chi connectivity index (χ3n) is 4.61. The van der Waals surface area contributed by atoms with E-state index >= 15 is 0 Å². The number of H-pyrrole nitrogens is 1. The highest BCUT2D eigenvalue weighted by atomic mass is 32.2. The summed E-state index contributed by atoms with van der Waals surface area (Å²) in [4.78, 5) is 19.3. The number of nitrogens with one attached hydrogen (secondary N) is 1. The van der Waals surface area contributed by atoms with Crippen LogP contribution >= 0.6 is 11.8 Å².